The summed E-state index contributed by atoms with van der Waals surface area (Å²) >= 11 is 0. The molecule has 1 aromatic rings. The van der Waals surface area contributed by atoms with Gasteiger partial charge in [-0.15, -0.1) is 0 Å². The predicted molar refractivity (Wildman–Crippen MR) is 60.8 cm³/mol. The molecule has 0 aliphatic rings. The van der Waals surface area contributed by atoms with Gasteiger partial charge in [0.05, 0.1) is 6.10 Å². The van der Waals surface area contributed by atoms with Crippen LogP contribution in [0.5, 0.6) is 0 Å². The first kappa shape index (κ1) is 12.5. The molecular formula is C11H16N2O3. The molecule has 5 heteroatoms. The largest absolute Gasteiger partial charge is 0.480 e. The number of aliphatic hydroxyl groups excluding tert-OH is 1. The van der Waals surface area contributed by atoms with Gasteiger partial charge in [-0.25, -0.2) is 0 Å². The van der Waals surface area contributed by atoms with Gasteiger partial charge in [-0.3, -0.25) is 4.79 Å². The maximum absolute atomic E-state index is 10.6. The number of rotatable bonds is 4. The van der Waals surface area contributed by atoms with Gasteiger partial charge in [-0.05, 0) is 13.0 Å². The molecule has 1 rings (SSSR count). The average molecular weight is 224 g/mol. The van der Waals surface area contributed by atoms with E-state index in [9.17, 15) is 9.90 Å². The van der Waals surface area contributed by atoms with E-state index in [0.717, 1.165) is 5.56 Å². The molecule has 88 valence electrons. The van der Waals surface area contributed by atoms with Crippen LogP contribution in [0, 0.1) is 6.92 Å². The predicted octanol–water partition coefficient (Wildman–Crippen LogP) is 0.413. The molecule has 0 aliphatic heterocycles. The van der Waals surface area contributed by atoms with Crippen molar-refractivity contribution >= 4 is 11.7 Å². The van der Waals surface area contributed by atoms with Crippen LogP contribution in [0.2, 0.25) is 0 Å². The third-order valence-corrected chi connectivity index (χ3v) is 2.40. The van der Waals surface area contributed by atoms with Crippen molar-refractivity contribution in [1.29, 1.82) is 0 Å². The second-order valence-corrected chi connectivity index (χ2v) is 3.83. The van der Waals surface area contributed by atoms with Crippen LogP contribution in [0.25, 0.3) is 0 Å². The molecule has 6 N–H and O–H groups in total. The summed E-state index contributed by atoms with van der Waals surface area (Å²) in [7, 11) is 0. The first-order valence-corrected chi connectivity index (χ1v) is 4.94. The van der Waals surface area contributed by atoms with E-state index in [1.54, 1.807) is 12.1 Å². The van der Waals surface area contributed by atoms with Crippen molar-refractivity contribution < 1.29 is 15.0 Å². The van der Waals surface area contributed by atoms with Crippen molar-refractivity contribution in [3.05, 3.63) is 29.3 Å². The van der Waals surface area contributed by atoms with Crippen molar-refractivity contribution in [3.8, 4) is 0 Å². The van der Waals surface area contributed by atoms with E-state index in [4.69, 9.17) is 16.6 Å². The van der Waals surface area contributed by atoms with Crippen molar-refractivity contribution in [2.24, 2.45) is 5.73 Å². The number of carboxylic acids is 1. The van der Waals surface area contributed by atoms with Gasteiger partial charge < -0.3 is 21.7 Å². The van der Waals surface area contributed by atoms with Gasteiger partial charge >= 0.3 is 5.97 Å². The highest BCUT2D eigenvalue weighted by atomic mass is 16.4. The smallest absolute Gasteiger partial charge is 0.320 e. The van der Waals surface area contributed by atoms with Gasteiger partial charge in [0.25, 0.3) is 0 Å². The molecule has 0 fully saturated rings. The molecule has 2 atom stereocenters. The van der Waals surface area contributed by atoms with E-state index in [1.807, 2.05) is 13.0 Å². The van der Waals surface area contributed by atoms with Crippen LogP contribution >= 0.6 is 0 Å². The van der Waals surface area contributed by atoms with Crippen LogP contribution in [0.4, 0.5) is 5.69 Å². The molecule has 0 aliphatic carbocycles. The Morgan fingerprint density at radius 1 is 1.50 bits per heavy atom. The van der Waals surface area contributed by atoms with Crippen molar-refractivity contribution in [2.45, 2.75) is 25.5 Å². The number of aliphatic carboxylic acids is 1. The number of aryl methyl sites for hydroxylation is 1. The Bertz CT molecular complexity index is 393. The zero-order valence-electron chi connectivity index (χ0n) is 9.05. The van der Waals surface area contributed by atoms with E-state index in [-0.39, 0.29) is 6.42 Å². The van der Waals surface area contributed by atoms with Crippen LogP contribution in [-0.2, 0) is 4.79 Å². The molecule has 0 saturated heterocycles. The van der Waals surface area contributed by atoms with E-state index in [1.165, 1.54) is 0 Å². The fourth-order valence-corrected chi connectivity index (χ4v) is 1.45. The number of hydrogen-bond acceptors (Lipinski definition) is 4. The van der Waals surface area contributed by atoms with Gasteiger partial charge in [0, 0.05) is 17.7 Å². The van der Waals surface area contributed by atoms with Crippen LogP contribution < -0.4 is 11.5 Å². The van der Waals surface area contributed by atoms with Crippen LogP contribution in [0.3, 0.4) is 0 Å². The first-order valence-electron chi connectivity index (χ1n) is 4.94. The molecule has 0 spiro atoms. The van der Waals surface area contributed by atoms with E-state index in [2.05, 4.69) is 0 Å². The number of carboxylic acid groups (broad SMARTS) is 1. The summed E-state index contributed by atoms with van der Waals surface area (Å²) in [6, 6.07) is 4.15. The minimum Gasteiger partial charge on any atom is -0.480 e. The van der Waals surface area contributed by atoms with Crippen LogP contribution in [0.15, 0.2) is 18.2 Å². The first-order chi connectivity index (χ1) is 7.41. The van der Waals surface area contributed by atoms with Gasteiger partial charge in [-0.2, -0.15) is 0 Å². The highest BCUT2D eigenvalue weighted by Gasteiger charge is 2.19. The summed E-state index contributed by atoms with van der Waals surface area (Å²) < 4.78 is 0. The highest BCUT2D eigenvalue weighted by Crippen LogP contribution is 2.24. The highest BCUT2D eigenvalue weighted by molar-refractivity contribution is 5.73. The maximum Gasteiger partial charge on any atom is 0.320 e. The Kier molecular flexibility index (Phi) is 3.87. The summed E-state index contributed by atoms with van der Waals surface area (Å²) in [4.78, 5) is 10.6. The Morgan fingerprint density at radius 2 is 2.12 bits per heavy atom. The van der Waals surface area contributed by atoms with E-state index < -0.39 is 18.1 Å². The average Bonchev–Trinajstić information content (AvgIpc) is 2.21. The number of aliphatic hydroxyl groups is 1. The molecule has 0 aromatic heterocycles. The number of anilines is 1. The number of hydrogen-bond donors (Lipinski definition) is 4. The Hall–Kier alpha value is -1.59. The number of nitrogen functional groups attached to an aromatic ring is 1. The lowest BCUT2D eigenvalue weighted by molar-refractivity contribution is -0.139. The molecule has 0 unspecified atom stereocenters. The van der Waals surface area contributed by atoms with Crippen LogP contribution in [0.1, 0.15) is 23.7 Å². The van der Waals surface area contributed by atoms with Crippen LogP contribution in [-0.4, -0.2) is 22.2 Å². The fourth-order valence-electron chi connectivity index (χ4n) is 1.45. The lowest BCUT2D eigenvalue weighted by Gasteiger charge is -2.16. The monoisotopic (exact) mass is 224 g/mol. The Balaban J connectivity index is 2.83. The summed E-state index contributed by atoms with van der Waals surface area (Å²) in [5.74, 6) is -1.13. The molecule has 0 saturated carbocycles. The SMILES string of the molecule is Cc1ccc(N)c([C@H](O)C[C@H](N)C(=O)O)c1. The molecule has 0 heterocycles. The molecule has 0 bridgehead atoms. The standard InChI is InChI=1S/C11H16N2O3/c1-6-2-3-8(12)7(4-6)10(14)5-9(13)11(15)16/h2-4,9-10,14H,5,12-13H2,1H3,(H,15,16)/t9-,10+/m0/s1. The topological polar surface area (TPSA) is 110 Å². The summed E-state index contributed by atoms with van der Waals surface area (Å²) in [6.45, 7) is 1.87. The van der Waals surface area contributed by atoms with Gasteiger partial charge in [0.2, 0.25) is 0 Å². The molecule has 1 aromatic carbocycles. The van der Waals surface area contributed by atoms with Gasteiger partial charge in [0.15, 0.2) is 0 Å². The Morgan fingerprint density at radius 3 is 2.69 bits per heavy atom. The zero-order chi connectivity index (χ0) is 12.3. The van der Waals surface area contributed by atoms with Crippen molar-refractivity contribution in [2.75, 3.05) is 5.73 Å². The molecule has 0 radical (unpaired) electrons. The molecular weight excluding hydrogens is 208 g/mol. The number of nitrogens with two attached hydrogens (primary N) is 2. The van der Waals surface area contributed by atoms with Gasteiger partial charge in [-0.1, -0.05) is 17.7 Å². The lowest BCUT2D eigenvalue weighted by Crippen LogP contribution is -2.32. The lowest BCUT2D eigenvalue weighted by atomic mass is 9.99. The maximum atomic E-state index is 10.6. The van der Waals surface area contributed by atoms with E-state index >= 15 is 0 Å². The minimum absolute atomic E-state index is 0.0526. The number of carbonyl (C=O) groups is 1. The minimum atomic E-state index is -1.13. The van der Waals surface area contributed by atoms with Crippen molar-refractivity contribution in [1.82, 2.24) is 0 Å². The fraction of sp³-hybridized carbons (Fsp3) is 0.364. The summed E-state index contributed by atoms with van der Waals surface area (Å²) in [5.41, 5.74) is 13.0. The Labute approximate surface area is 93.7 Å². The molecule has 16 heavy (non-hydrogen) atoms. The summed E-state index contributed by atoms with van der Waals surface area (Å²) in [5, 5.41) is 18.5. The molecule has 5 nitrogen and oxygen atoms in total. The normalized spacial score (nSPS) is 14.4. The van der Waals surface area contributed by atoms with Gasteiger partial charge in [0.1, 0.15) is 6.04 Å². The third-order valence-electron chi connectivity index (χ3n) is 2.40. The number of benzene rings is 1. The van der Waals surface area contributed by atoms with E-state index in [0.29, 0.717) is 11.3 Å². The molecule has 0 amide bonds. The quantitative estimate of drug-likeness (QED) is 0.554. The van der Waals surface area contributed by atoms with Crippen molar-refractivity contribution in [3.63, 3.8) is 0 Å². The zero-order valence-corrected chi connectivity index (χ0v) is 9.05. The third kappa shape index (κ3) is 2.95. The second-order valence-electron chi connectivity index (χ2n) is 3.83. The second kappa shape index (κ2) is 4.96. The summed E-state index contributed by atoms with van der Waals surface area (Å²) in [6.07, 6.45) is -1.01.